The maximum atomic E-state index is 12.9. The Kier molecular flexibility index (Phi) is 22.2. The quantitative estimate of drug-likeness (QED) is 0.0853. The normalized spacial score (nSPS) is 14.4. The maximum absolute atomic E-state index is 12.9. The Morgan fingerprint density at radius 3 is 2.04 bits per heavy atom. The summed E-state index contributed by atoms with van der Waals surface area (Å²) >= 11 is 0. The zero-order chi connectivity index (χ0) is 37.1. The van der Waals surface area contributed by atoms with Gasteiger partial charge in [0.15, 0.2) is 0 Å². The molecule has 1 aromatic carbocycles. The summed E-state index contributed by atoms with van der Waals surface area (Å²) < 4.78 is 23.6. The van der Waals surface area contributed by atoms with E-state index in [4.69, 9.17) is 18.9 Å². The molecule has 9 heteroatoms. The van der Waals surface area contributed by atoms with Gasteiger partial charge < -0.3 is 34.5 Å². The molecule has 2 atom stereocenters. The highest BCUT2D eigenvalue weighted by Gasteiger charge is 2.40. The number of rotatable bonds is 28. The first kappa shape index (κ1) is 47.7. The summed E-state index contributed by atoms with van der Waals surface area (Å²) in [6.07, 6.45) is 4.75. The highest BCUT2D eigenvalue weighted by Crippen LogP contribution is 2.36. The number of Topliss-reactive ketones (excluding diaryl/α,β-unsaturated/α-hetero) is 1. The second kappa shape index (κ2) is 23.3. The van der Waals surface area contributed by atoms with Gasteiger partial charge in [-0.3, -0.25) is 9.59 Å². The second-order valence-electron chi connectivity index (χ2n) is 15.3. The van der Waals surface area contributed by atoms with Gasteiger partial charge in [0.25, 0.3) is 0 Å². The molecule has 1 amide bonds. The molecule has 1 aromatic rings. The van der Waals surface area contributed by atoms with Gasteiger partial charge in [0.05, 0.1) is 37.6 Å². The minimum Gasteiger partial charge on any atom is -0.385 e. The van der Waals surface area contributed by atoms with Crippen molar-refractivity contribution in [2.24, 2.45) is 5.41 Å². The molecule has 0 radical (unpaired) electrons. The molecular formula is C41H75N3O6. The smallest absolute Gasteiger partial charge is 0.246 e. The number of nitrogens with zero attached hydrogens (tertiary/aromatic N) is 1. The van der Waals surface area contributed by atoms with Crippen molar-refractivity contribution >= 4 is 17.4 Å². The Labute approximate surface area is 306 Å². The fourth-order valence-corrected chi connectivity index (χ4v) is 5.84. The van der Waals surface area contributed by atoms with E-state index in [-0.39, 0.29) is 36.7 Å². The van der Waals surface area contributed by atoms with Crippen molar-refractivity contribution in [1.29, 1.82) is 0 Å². The lowest BCUT2D eigenvalue weighted by Crippen LogP contribution is -2.56. The monoisotopic (exact) mass is 706 g/mol. The van der Waals surface area contributed by atoms with Crippen LogP contribution in [0.3, 0.4) is 0 Å². The number of hydrogen-bond donors (Lipinski definition) is 2. The molecule has 50 heavy (non-hydrogen) atoms. The highest BCUT2D eigenvalue weighted by molar-refractivity contribution is 5.78. The number of hydrogen-bond acceptors (Lipinski definition) is 8. The SMILES string of the molecule is C.C=C(NCCC(C)(CC)OCCOCC(=O)NC(C)(CC)C(C)(C)CCOCCOC(C)(C)CC(C)=O)c1ccc(CN(C)CCC)cc1. The first-order valence-electron chi connectivity index (χ1n) is 18.4. The number of ketones is 1. The predicted molar refractivity (Wildman–Crippen MR) is 208 cm³/mol. The lowest BCUT2D eigenvalue weighted by Gasteiger charge is -2.44. The minimum absolute atomic E-state index is 0. The van der Waals surface area contributed by atoms with Gasteiger partial charge in [-0.05, 0) is 96.9 Å². The van der Waals surface area contributed by atoms with Crippen LogP contribution in [0.25, 0.3) is 5.70 Å². The van der Waals surface area contributed by atoms with Gasteiger partial charge in [0.1, 0.15) is 12.4 Å². The van der Waals surface area contributed by atoms with Crippen molar-refractivity contribution in [2.45, 2.75) is 138 Å². The first-order chi connectivity index (χ1) is 22.9. The highest BCUT2D eigenvalue weighted by atomic mass is 16.5. The van der Waals surface area contributed by atoms with Crippen molar-refractivity contribution in [3.63, 3.8) is 0 Å². The van der Waals surface area contributed by atoms with E-state index in [1.165, 1.54) is 5.56 Å². The number of amides is 1. The van der Waals surface area contributed by atoms with Crippen LogP contribution in [-0.2, 0) is 35.1 Å². The van der Waals surface area contributed by atoms with Crippen LogP contribution in [0.1, 0.15) is 126 Å². The van der Waals surface area contributed by atoms with Crippen LogP contribution < -0.4 is 10.6 Å². The minimum atomic E-state index is -0.490. The van der Waals surface area contributed by atoms with Crippen LogP contribution in [0, 0.1) is 5.41 Å². The third-order valence-electron chi connectivity index (χ3n) is 9.89. The molecule has 0 aliphatic rings. The van der Waals surface area contributed by atoms with E-state index in [1.807, 2.05) is 13.8 Å². The molecule has 0 aromatic heterocycles. The van der Waals surface area contributed by atoms with Crippen molar-refractivity contribution in [3.8, 4) is 0 Å². The predicted octanol–water partition coefficient (Wildman–Crippen LogP) is 7.81. The Morgan fingerprint density at radius 2 is 1.46 bits per heavy atom. The van der Waals surface area contributed by atoms with Gasteiger partial charge in [-0.15, -0.1) is 0 Å². The van der Waals surface area contributed by atoms with E-state index >= 15 is 0 Å². The third-order valence-corrected chi connectivity index (χ3v) is 9.89. The molecule has 0 spiro atoms. The Hall–Kier alpha value is -2.30. The number of nitrogens with one attached hydrogen (secondary N) is 2. The molecule has 2 N–H and O–H groups in total. The molecule has 1 rings (SSSR count). The van der Waals surface area contributed by atoms with E-state index in [1.54, 1.807) is 6.92 Å². The molecule has 0 fully saturated rings. The first-order valence-corrected chi connectivity index (χ1v) is 18.4. The van der Waals surface area contributed by atoms with Crippen LogP contribution in [-0.4, -0.2) is 93.1 Å². The standard InChI is InChI=1S/C40H71N3O6.CH4/c1-13-23-43(12)30-34-16-18-35(19-17-34)33(5)41-22-20-39(10,14-2)49-28-26-47-31-36(45)42-40(11,15-3)37(6,7)21-24-46-25-27-48-38(8,9)29-32(4)44;/h16-19,41H,5,13-15,20-31H2,1-4,6-12H3,(H,42,45);1H4. The Balaban J connectivity index is 0.0000240. The number of benzene rings is 1. The molecule has 0 saturated heterocycles. The maximum Gasteiger partial charge on any atom is 0.246 e. The van der Waals surface area contributed by atoms with Crippen LogP contribution in [0.5, 0.6) is 0 Å². The van der Waals surface area contributed by atoms with Crippen molar-refractivity contribution in [2.75, 3.05) is 59.8 Å². The molecule has 0 aliphatic heterocycles. The van der Waals surface area contributed by atoms with Gasteiger partial charge in [-0.1, -0.05) is 72.9 Å². The van der Waals surface area contributed by atoms with Crippen molar-refractivity contribution in [1.82, 2.24) is 15.5 Å². The second-order valence-corrected chi connectivity index (χ2v) is 15.3. The van der Waals surface area contributed by atoms with E-state index in [0.29, 0.717) is 39.5 Å². The van der Waals surface area contributed by atoms with Gasteiger partial charge in [-0.25, -0.2) is 0 Å². The van der Waals surface area contributed by atoms with E-state index in [2.05, 4.69) is 102 Å². The summed E-state index contributed by atoms with van der Waals surface area (Å²) in [7, 11) is 2.15. The number of ether oxygens (including phenoxy) is 4. The van der Waals surface area contributed by atoms with Crippen LogP contribution in [0.15, 0.2) is 30.8 Å². The number of carbonyl (C=O) groups excluding carboxylic acids is 2. The zero-order valence-corrected chi connectivity index (χ0v) is 33.0. The molecule has 290 valence electrons. The molecule has 0 saturated carbocycles. The molecule has 2 unspecified atom stereocenters. The summed E-state index contributed by atoms with van der Waals surface area (Å²) in [6.45, 7) is 29.5. The summed E-state index contributed by atoms with van der Waals surface area (Å²) in [6, 6.07) is 8.61. The van der Waals surface area contributed by atoms with Crippen molar-refractivity contribution < 1.29 is 28.5 Å². The molecule has 0 heterocycles. The largest absolute Gasteiger partial charge is 0.385 e. The average Bonchev–Trinajstić information content (AvgIpc) is 3.02. The zero-order valence-electron chi connectivity index (χ0n) is 33.0. The van der Waals surface area contributed by atoms with Gasteiger partial charge >= 0.3 is 0 Å². The van der Waals surface area contributed by atoms with Gasteiger partial charge in [0, 0.05) is 37.4 Å². The molecular weight excluding hydrogens is 630 g/mol. The molecule has 0 bridgehead atoms. The fraction of sp³-hybridized carbons (Fsp3) is 0.756. The van der Waals surface area contributed by atoms with Crippen LogP contribution in [0.2, 0.25) is 0 Å². The fourth-order valence-electron chi connectivity index (χ4n) is 5.84. The van der Waals surface area contributed by atoms with E-state index in [0.717, 1.165) is 63.0 Å². The lowest BCUT2D eigenvalue weighted by atomic mass is 9.69. The van der Waals surface area contributed by atoms with Gasteiger partial charge in [0.2, 0.25) is 5.91 Å². The Bertz CT molecular complexity index is 1120. The van der Waals surface area contributed by atoms with Gasteiger partial charge in [-0.2, -0.15) is 0 Å². The van der Waals surface area contributed by atoms with Crippen LogP contribution >= 0.6 is 0 Å². The van der Waals surface area contributed by atoms with Crippen molar-refractivity contribution in [3.05, 3.63) is 42.0 Å². The average molecular weight is 706 g/mol. The molecule has 9 nitrogen and oxygen atoms in total. The lowest BCUT2D eigenvalue weighted by molar-refractivity contribution is -0.131. The van der Waals surface area contributed by atoms with Crippen LogP contribution in [0.4, 0.5) is 0 Å². The van der Waals surface area contributed by atoms with E-state index in [9.17, 15) is 9.59 Å². The summed E-state index contributed by atoms with van der Waals surface area (Å²) in [5.41, 5.74) is 1.86. The summed E-state index contributed by atoms with van der Waals surface area (Å²) in [5, 5.41) is 6.69. The number of carbonyl (C=O) groups is 2. The topological polar surface area (TPSA) is 98.4 Å². The van der Waals surface area contributed by atoms with E-state index < -0.39 is 11.1 Å². The third kappa shape index (κ3) is 18.3. The summed E-state index contributed by atoms with van der Waals surface area (Å²) in [5.74, 6) is -0.0289. The molecule has 0 aliphatic carbocycles. The Morgan fingerprint density at radius 1 is 0.840 bits per heavy atom. The summed E-state index contributed by atoms with van der Waals surface area (Å²) in [4.78, 5) is 26.6.